The van der Waals surface area contributed by atoms with Crippen molar-refractivity contribution in [2.24, 2.45) is 0 Å². The summed E-state index contributed by atoms with van der Waals surface area (Å²) in [5.74, 6) is 1.00. The zero-order chi connectivity index (χ0) is 7.68. The Morgan fingerprint density at radius 1 is 1.73 bits per heavy atom. The Morgan fingerprint density at radius 3 is 3.18 bits per heavy atom. The Labute approximate surface area is 69.1 Å². The van der Waals surface area contributed by atoms with Crippen LogP contribution in [0.4, 0.5) is 0 Å². The normalized spacial score (nSPS) is 17.2. The number of rotatable bonds is 1. The van der Waals surface area contributed by atoms with Crippen LogP contribution in [0.15, 0.2) is 22.5 Å². The second-order valence-corrected chi connectivity index (χ2v) is 3.20. The van der Waals surface area contributed by atoms with Crippen molar-refractivity contribution in [3.8, 4) is 0 Å². The molecule has 0 unspecified atom stereocenters. The van der Waals surface area contributed by atoms with Crippen molar-refractivity contribution in [3.05, 3.63) is 23.8 Å². The molecule has 0 radical (unpaired) electrons. The summed E-state index contributed by atoms with van der Waals surface area (Å²) < 4.78 is 4.89. The van der Waals surface area contributed by atoms with Crippen LogP contribution in [-0.4, -0.2) is 22.8 Å². The molecule has 0 N–H and O–H groups in total. The van der Waals surface area contributed by atoms with E-state index in [1.807, 2.05) is 7.05 Å². The van der Waals surface area contributed by atoms with E-state index < -0.39 is 0 Å². The third-order valence-corrected chi connectivity index (χ3v) is 2.50. The highest BCUT2D eigenvalue weighted by Gasteiger charge is 2.14. The fourth-order valence-electron chi connectivity index (χ4n) is 0.982. The summed E-state index contributed by atoms with van der Waals surface area (Å²) in [6, 6.07) is 0. The van der Waals surface area contributed by atoms with Gasteiger partial charge in [0.05, 0.1) is 11.6 Å². The maximum atomic E-state index is 4.89. The van der Waals surface area contributed by atoms with Crippen molar-refractivity contribution in [2.45, 2.75) is 0 Å². The van der Waals surface area contributed by atoms with Gasteiger partial charge in [-0.25, -0.2) is 4.98 Å². The molecule has 0 saturated carbocycles. The van der Waals surface area contributed by atoms with Gasteiger partial charge >= 0.3 is 0 Å². The van der Waals surface area contributed by atoms with Gasteiger partial charge in [0.2, 0.25) is 0 Å². The third-order valence-electron chi connectivity index (χ3n) is 1.57. The van der Waals surface area contributed by atoms with E-state index in [0.29, 0.717) is 0 Å². The van der Waals surface area contributed by atoms with Gasteiger partial charge in [0, 0.05) is 7.05 Å². The molecule has 1 aromatic heterocycles. The monoisotopic (exact) mass is 168 g/mol. The number of nitrogens with zero attached hydrogens (tertiary/aromatic N) is 2. The lowest BCUT2D eigenvalue weighted by Crippen LogP contribution is -2.10. The minimum absolute atomic E-state index is 0.914. The molecule has 1 aliphatic rings. The molecule has 58 valence electrons. The van der Waals surface area contributed by atoms with Gasteiger partial charge < -0.3 is 9.32 Å². The molecule has 0 aromatic carbocycles. The van der Waals surface area contributed by atoms with Gasteiger partial charge in [0.25, 0.3) is 0 Å². The molecular weight excluding hydrogens is 160 g/mol. The molecule has 0 saturated heterocycles. The summed E-state index contributed by atoms with van der Waals surface area (Å²) in [4.78, 5) is 6.20. The Kier molecular flexibility index (Phi) is 1.62. The van der Waals surface area contributed by atoms with Gasteiger partial charge in [-0.3, -0.25) is 0 Å². The highest BCUT2D eigenvalue weighted by atomic mass is 32.2. The highest BCUT2D eigenvalue weighted by molar-refractivity contribution is 8.02. The van der Waals surface area contributed by atoms with Crippen molar-refractivity contribution < 1.29 is 4.42 Å². The van der Waals surface area contributed by atoms with Crippen molar-refractivity contribution in [1.82, 2.24) is 9.88 Å². The van der Waals surface area contributed by atoms with Gasteiger partial charge in [-0.2, -0.15) is 0 Å². The van der Waals surface area contributed by atoms with Gasteiger partial charge in [-0.1, -0.05) is 0 Å². The van der Waals surface area contributed by atoms with Gasteiger partial charge in [-0.15, -0.1) is 11.8 Å². The van der Waals surface area contributed by atoms with Crippen molar-refractivity contribution in [3.63, 3.8) is 0 Å². The summed E-state index contributed by atoms with van der Waals surface area (Å²) in [5, 5.41) is 2.10. The Balaban J connectivity index is 2.30. The van der Waals surface area contributed by atoms with Crippen molar-refractivity contribution in [1.29, 1.82) is 0 Å². The average Bonchev–Trinajstić information content (AvgIpc) is 2.55. The Bertz CT molecular complexity index is 268. The van der Waals surface area contributed by atoms with E-state index in [1.165, 1.54) is 6.39 Å². The maximum Gasteiger partial charge on any atom is 0.181 e. The number of hydrogen-bond acceptors (Lipinski definition) is 4. The van der Waals surface area contributed by atoms with E-state index in [4.69, 9.17) is 4.42 Å². The molecule has 0 atom stereocenters. The minimum atomic E-state index is 0.914. The van der Waals surface area contributed by atoms with Crippen LogP contribution in [0.25, 0.3) is 5.70 Å². The molecule has 0 spiro atoms. The van der Waals surface area contributed by atoms with Crippen LogP contribution in [0.5, 0.6) is 0 Å². The Hall–Kier alpha value is -0.900. The van der Waals surface area contributed by atoms with E-state index >= 15 is 0 Å². The molecule has 11 heavy (non-hydrogen) atoms. The second-order valence-electron chi connectivity index (χ2n) is 2.37. The molecule has 1 aromatic rings. The van der Waals surface area contributed by atoms with Gasteiger partial charge in [-0.05, 0) is 5.41 Å². The van der Waals surface area contributed by atoms with Crippen LogP contribution >= 0.6 is 11.8 Å². The molecule has 2 rings (SSSR count). The first-order chi connectivity index (χ1) is 5.38. The zero-order valence-corrected chi connectivity index (χ0v) is 6.97. The largest absolute Gasteiger partial charge is 0.451 e. The molecule has 0 aliphatic carbocycles. The predicted octanol–water partition coefficient (Wildman–Crippen LogP) is 1.61. The summed E-state index contributed by atoms with van der Waals surface area (Å²) in [6.45, 7) is 0. The average molecular weight is 168 g/mol. The molecule has 0 bridgehead atoms. The molecule has 4 heteroatoms. The third kappa shape index (κ3) is 1.14. The zero-order valence-electron chi connectivity index (χ0n) is 6.15. The first kappa shape index (κ1) is 6.79. The number of thioether (sulfide) groups is 1. The number of oxazole rings is 1. The topological polar surface area (TPSA) is 29.3 Å². The molecular formula is C7H8N2OS. The van der Waals surface area contributed by atoms with Crippen LogP contribution in [-0.2, 0) is 0 Å². The minimum Gasteiger partial charge on any atom is -0.451 e. The van der Waals surface area contributed by atoms with E-state index in [-0.39, 0.29) is 0 Å². The Morgan fingerprint density at radius 2 is 2.64 bits per heavy atom. The first-order valence-electron chi connectivity index (χ1n) is 3.29. The predicted molar refractivity (Wildman–Crippen MR) is 44.7 cm³/mol. The van der Waals surface area contributed by atoms with E-state index in [1.54, 1.807) is 18.0 Å². The highest BCUT2D eigenvalue weighted by Crippen LogP contribution is 2.27. The fourth-order valence-corrected chi connectivity index (χ4v) is 1.88. The van der Waals surface area contributed by atoms with Crippen LogP contribution in [0.2, 0.25) is 0 Å². The van der Waals surface area contributed by atoms with Crippen LogP contribution in [0, 0.1) is 0 Å². The molecule has 0 fully saturated rings. The lowest BCUT2D eigenvalue weighted by molar-refractivity contribution is 0.553. The van der Waals surface area contributed by atoms with E-state index in [2.05, 4.69) is 15.3 Å². The fraction of sp³-hybridized carbons (Fsp3) is 0.286. The van der Waals surface area contributed by atoms with Gasteiger partial charge in [0.1, 0.15) is 12.0 Å². The molecule has 0 amide bonds. The van der Waals surface area contributed by atoms with Gasteiger partial charge in [0.15, 0.2) is 6.39 Å². The quantitative estimate of drug-likeness (QED) is 0.637. The number of aromatic nitrogens is 1. The van der Waals surface area contributed by atoms with Crippen LogP contribution in [0.1, 0.15) is 5.69 Å². The summed E-state index contributed by atoms with van der Waals surface area (Å²) in [5.41, 5.74) is 2.06. The van der Waals surface area contributed by atoms with Crippen molar-refractivity contribution in [2.75, 3.05) is 12.9 Å². The molecule has 2 heterocycles. The summed E-state index contributed by atoms with van der Waals surface area (Å²) >= 11 is 1.77. The van der Waals surface area contributed by atoms with Crippen LogP contribution in [0.3, 0.4) is 0 Å². The first-order valence-corrected chi connectivity index (χ1v) is 4.34. The standard InChI is InChI=1S/C7H8N2OS/c1-9-5-11-3-7(9)6-2-10-4-8-6/h2-4H,5H2,1H3. The second kappa shape index (κ2) is 2.62. The lowest BCUT2D eigenvalue weighted by atomic mass is 10.3. The lowest BCUT2D eigenvalue weighted by Gasteiger charge is -2.11. The summed E-state index contributed by atoms with van der Waals surface area (Å²) in [7, 11) is 2.04. The smallest absolute Gasteiger partial charge is 0.181 e. The SMILES string of the molecule is CN1CSC=C1c1cocn1. The van der Waals surface area contributed by atoms with E-state index in [0.717, 1.165) is 17.3 Å². The van der Waals surface area contributed by atoms with Crippen LogP contribution < -0.4 is 0 Å². The maximum absolute atomic E-state index is 4.89. The molecule has 1 aliphatic heterocycles. The van der Waals surface area contributed by atoms with E-state index in [9.17, 15) is 0 Å². The summed E-state index contributed by atoms with van der Waals surface area (Å²) in [6.07, 6.45) is 3.11. The van der Waals surface area contributed by atoms with Crippen molar-refractivity contribution >= 4 is 17.5 Å². The molecule has 3 nitrogen and oxygen atoms in total. The number of hydrogen-bond donors (Lipinski definition) is 0.